The van der Waals surface area contributed by atoms with Crippen LogP contribution in [0, 0.1) is 13.8 Å². The van der Waals surface area contributed by atoms with Gasteiger partial charge in [-0.2, -0.15) is 0 Å². The second kappa shape index (κ2) is 3.99. The van der Waals surface area contributed by atoms with Gasteiger partial charge in [-0.25, -0.2) is 4.98 Å². The molecule has 0 bridgehead atoms. The molecule has 0 N–H and O–H groups in total. The molecule has 0 aliphatic heterocycles. The zero-order chi connectivity index (χ0) is 10.8. The molecule has 2 rings (SSSR count). The lowest BCUT2D eigenvalue weighted by Crippen LogP contribution is -1.88. The minimum absolute atomic E-state index is 0.423. The fourth-order valence-corrected chi connectivity index (χ4v) is 1.75. The Morgan fingerprint density at radius 3 is 2.27 bits per heavy atom. The van der Waals surface area contributed by atoms with Gasteiger partial charge in [-0.15, -0.1) is 0 Å². The Labute approximate surface area is 94.0 Å². The van der Waals surface area contributed by atoms with Crippen molar-refractivity contribution in [1.29, 1.82) is 0 Å². The molecular weight excluding hydrogens is 208 g/mol. The summed E-state index contributed by atoms with van der Waals surface area (Å²) in [6.45, 7) is 4.13. The minimum Gasteiger partial charge on any atom is -0.259 e. The maximum absolute atomic E-state index is 5.80. The van der Waals surface area contributed by atoms with Crippen LogP contribution in [-0.2, 0) is 0 Å². The summed E-state index contributed by atoms with van der Waals surface area (Å²) in [6.07, 6.45) is 3.26. The highest BCUT2D eigenvalue weighted by Gasteiger charge is 2.02. The van der Waals surface area contributed by atoms with Crippen LogP contribution in [0.15, 0.2) is 30.6 Å². The lowest BCUT2D eigenvalue weighted by atomic mass is 10.1. The fourth-order valence-electron chi connectivity index (χ4n) is 1.60. The van der Waals surface area contributed by atoms with E-state index in [2.05, 4.69) is 42.0 Å². The SMILES string of the molecule is Cc1cc(C)cc(-c2cncc(Cl)n2)c1. The molecule has 0 amide bonds. The monoisotopic (exact) mass is 218 g/mol. The van der Waals surface area contributed by atoms with Crippen LogP contribution in [0.1, 0.15) is 11.1 Å². The van der Waals surface area contributed by atoms with E-state index >= 15 is 0 Å². The normalized spacial score (nSPS) is 10.3. The quantitative estimate of drug-likeness (QED) is 0.733. The van der Waals surface area contributed by atoms with Gasteiger partial charge in [-0.3, -0.25) is 4.98 Å². The molecule has 0 fully saturated rings. The summed E-state index contributed by atoms with van der Waals surface area (Å²) in [5, 5.41) is 0.423. The summed E-state index contributed by atoms with van der Waals surface area (Å²) < 4.78 is 0. The van der Waals surface area contributed by atoms with Crippen molar-refractivity contribution in [1.82, 2.24) is 9.97 Å². The van der Waals surface area contributed by atoms with Gasteiger partial charge in [0.25, 0.3) is 0 Å². The highest BCUT2D eigenvalue weighted by molar-refractivity contribution is 6.29. The number of benzene rings is 1. The van der Waals surface area contributed by atoms with Crippen LogP contribution >= 0.6 is 11.6 Å². The van der Waals surface area contributed by atoms with E-state index in [1.807, 2.05) is 0 Å². The predicted octanol–water partition coefficient (Wildman–Crippen LogP) is 3.41. The third kappa shape index (κ3) is 2.34. The van der Waals surface area contributed by atoms with Gasteiger partial charge >= 0.3 is 0 Å². The number of hydrogen-bond acceptors (Lipinski definition) is 2. The Morgan fingerprint density at radius 2 is 1.67 bits per heavy atom. The van der Waals surface area contributed by atoms with E-state index in [0.717, 1.165) is 11.3 Å². The Balaban J connectivity index is 2.54. The van der Waals surface area contributed by atoms with Crippen molar-refractivity contribution in [3.05, 3.63) is 46.9 Å². The average Bonchev–Trinajstić information content (AvgIpc) is 2.16. The van der Waals surface area contributed by atoms with Gasteiger partial charge in [0.2, 0.25) is 0 Å². The lowest BCUT2D eigenvalue weighted by molar-refractivity contribution is 1.20. The number of nitrogens with zero attached hydrogens (tertiary/aromatic N) is 2. The van der Waals surface area contributed by atoms with Crippen LogP contribution in [0.4, 0.5) is 0 Å². The maximum Gasteiger partial charge on any atom is 0.148 e. The van der Waals surface area contributed by atoms with Crippen molar-refractivity contribution in [3.63, 3.8) is 0 Å². The van der Waals surface area contributed by atoms with Crippen molar-refractivity contribution < 1.29 is 0 Å². The largest absolute Gasteiger partial charge is 0.259 e. The molecule has 0 atom stereocenters. The van der Waals surface area contributed by atoms with Crippen molar-refractivity contribution in [2.75, 3.05) is 0 Å². The number of halogens is 1. The average molecular weight is 219 g/mol. The first-order valence-corrected chi connectivity index (χ1v) is 5.09. The van der Waals surface area contributed by atoms with E-state index in [4.69, 9.17) is 11.6 Å². The highest BCUT2D eigenvalue weighted by Crippen LogP contribution is 2.20. The van der Waals surface area contributed by atoms with Gasteiger partial charge in [0.1, 0.15) is 5.15 Å². The zero-order valence-electron chi connectivity index (χ0n) is 8.66. The second-order valence-corrected chi connectivity index (χ2v) is 3.99. The molecule has 2 aromatic rings. The van der Waals surface area contributed by atoms with E-state index < -0.39 is 0 Å². The topological polar surface area (TPSA) is 25.8 Å². The Morgan fingerprint density at radius 1 is 1.00 bits per heavy atom. The highest BCUT2D eigenvalue weighted by atomic mass is 35.5. The van der Waals surface area contributed by atoms with Crippen molar-refractivity contribution in [2.45, 2.75) is 13.8 Å². The van der Waals surface area contributed by atoms with Gasteiger partial charge in [0, 0.05) is 5.56 Å². The second-order valence-electron chi connectivity index (χ2n) is 3.60. The summed E-state index contributed by atoms with van der Waals surface area (Å²) in [5.41, 5.74) is 4.30. The number of rotatable bonds is 1. The number of aryl methyl sites for hydroxylation is 2. The molecule has 0 spiro atoms. The first-order chi connectivity index (χ1) is 7.15. The van der Waals surface area contributed by atoms with Crippen molar-refractivity contribution >= 4 is 11.6 Å². The van der Waals surface area contributed by atoms with Gasteiger partial charge in [-0.05, 0) is 26.0 Å². The van der Waals surface area contributed by atoms with Crippen molar-refractivity contribution in [2.24, 2.45) is 0 Å². The van der Waals surface area contributed by atoms with Crippen LogP contribution in [0.5, 0.6) is 0 Å². The molecule has 0 aliphatic rings. The number of aromatic nitrogens is 2. The molecule has 3 heteroatoms. The molecule has 0 saturated carbocycles. The van der Waals surface area contributed by atoms with Crippen LogP contribution in [0.2, 0.25) is 5.15 Å². The molecular formula is C12H11ClN2. The Bertz CT molecular complexity index is 474. The molecule has 1 aromatic heterocycles. The molecule has 15 heavy (non-hydrogen) atoms. The van der Waals surface area contributed by atoms with E-state index in [-0.39, 0.29) is 0 Å². The summed E-state index contributed by atoms with van der Waals surface area (Å²) in [7, 11) is 0. The van der Waals surface area contributed by atoms with Crippen LogP contribution in [0.3, 0.4) is 0 Å². The maximum atomic E-state index is 5.80. The molecule has 2 nitrogen and oxygen atoms in total. The molecule has 0 radical (unpaired) electrons. The predicted molar refractivity (Wildman–Crippen MR) is 62.0 cm³/mol. The van der Waals surface area contributed by atoms with Gasteiger partial charge < -0.3 is 0 Å². The van der Waals surface area contributed by atoms with Gasteiger partial charge in [0.05, 0.1) is 18.1 Å². The summed E-state index contributed by atoms with van der Waals surface area (Å²) in [5.74, 6) is 0. The van der Waals surface area contributed by atoms with Crippen LogP contribution in [0.25, 0.3) is 11.3 Å². The zero-order valence-corrected chi connectivity index (χ0v) is 9.42. The van der Waals surface area contributed by atoms with E-state index in [9.17, 15) is 0 Å². The first kappa shape index (κ1) is 10.1. The molecule has 0 aliphatic carbocycles. The number of hydrogen-bond donors (Lipinski definition) is 0. The van der Waals surface area contributed by atoms with E-state index in [1.54, 1.807) is 6.20 Å². The molecule has 0 saturated heterocycles. The van der Waals surface area contributed by atoms with Crippen LogP contribution in [-0.4, -0.2) is 9.97 Å². The third-order valence-electron chi connectivity index (χ3n) is 2.12. The van der Waals surface area contributed by atoms with Gasteiger partial charge in [-0.1, -0.05) is 28.8 Å². The molecule has 1 heterocycles. The minimum atomic E-state index is 0.423. The standard InChI is InChI=1S/C12H11ClN2/c1-8-3-9(2)5-10(4-8)11-6-14-7-12(13)15-11/h3-7H,1-2H3. The van der Waals surface area contributed by atoms with E-state index in [0.29, 0.717) is 5.15 Å². The van der Waals surface area contributed by atoms with Crippen molar-refractivity contribution in [3.8, 4) is 11.3 Å². The molecule has 76 valence electrons. The van der Waals surface area contributed by atoms with Crippen LogP contribution < -0.4 is 0 Å². The Hall–Kier alpha value is -1.41. The first-order valence-electron chi connectivity index (χ1n) is 4.71. The third-order valence-corrected chi connectivity index (χ3v) is 2.30. The summed E-state index contributed by atoms with van der Waals surface area (Å²) in [4.78, 5) is 8.25. The lowest BCUT2D eigenvalue weighted by Gasteiger charge is -2.04. The fraction of sp³-hybridized carbons (Fsp3) is 0.167. The van der Waals surface area contributed by atoms with E-state index in [1.165, 1.54) is 17.3 Å². The summed E-state index contributed by atoms with van der Waals surface area (Å²) >= 11 is 5.80. The summed E-state index contributed by atoms with van der Waals surface area (Å²) in [6, 6.07) is 6.28. The Kier molecular flexibility index (Phi) is 2.69. The smallest absolute Gasteiger partial charge is 0.148 e. The molecule has 0 unspecified atom stereocenters. The molecule has 1 aromatic carbocycles. The van der Waals surface area contributed by atoms with Gasteiger partial charge in [0.15, 0.2) is 0 Å².